The van der Waals surface area contributed by atoms with E-state index in [9.17, 15) is 5.11 Å². The van der Waals surface area contributed by atoms with Crippen LogP contribution >= 0.6 is 0 Å². The lowest BCUT2D eigenvalue weighted by atomic mass is 10.00. The molecule has 1 rings (SSSR count). The second kappa shape index (κ2) is 7.42. The molecule has 0 radical (unpaired) electrons. The fourth-order valence-corrected chi connectivity index (χ4v) is 1.72. The summed E-state index contributed by atoms with van der Waals surface area (Å²) >= 11 is 0. The molecule has 1 unspecified atom stereocenters. The number of aliphatic hydroxyl groups is 1. The van der Waals surface area contributed by atoms with Crippen LogP contribution in [0.2, 0.25) is 0 Å². The molecule has 1 aromatic rings. The van der Waals surface area contributed by atoms with Gasteiger partial charge in [0.2, 0.25) is 0 Å². The average molecular weight is 221 g/mol. The summed E-state index contributed by atoms with van der Waals surface area (Å²) in [4.78, 5) is 0. The molecule has 0 saturated heterocycles. The summed E-state index contributed by atoms with van der Waals surface area (Å²) < 4.78 is 0. The van der Waals surface area contributed by atoms with Gasteiger partial charge in [-0.1, -0.05) is 44.2 Å². The van der Waals surface area contributed by atoms with Crippen LogP contribution in [-0.4, -0.2) is 24.8 Å². The zero-order valence-corrected chi connectivity index (χ0v) is 10.3. The minimum absolute atomic E-state index is 0.250. The van der Waals surface area contributed by atoms with Crippen molar-refractivity contribution in [2.45, 2.75) is 20.3 Å². The van der Waals surface area contributed by atoms with Crippen LogP contribution in [0.3, 0.4) is 0 Å². The van der Waals surface area contributed by atoms with Gasteiger partial charge in [0.15, 0.2) is 0 Å². The summed E-state index contributed by atoms with van der Waals surface area (Å²) in [7, 11) is 0. The first kappa shape index (κ1) is 13.2. The highest BCUT2D eigenvalue weighted by Crippen LogP contribution is 2.07. The van der Waals surface area contributed by atoms with Crippen LogP contribution in [0.25, 0.3) is 0 Å². The second-order valence-corrected chi connectivity index (χ2v) is 4.79. The van der Waals surface area contributed by atoms with E-state index in [4.69, 9.17) is 0 Å². The summed E-state index contributed by atoms with van der Waals surface area (Å²) in [6, 6.07) is 10.3. The molecule has 0 amide bonds. The largest absolute Gasteiger partial charge is 0.396 e. The maximum Gasteiger partial charge on any atom is 0.0474 e. The average Bonchev–Trinajstić information content (AvgIpc) is 2.28. The molecule has 1 aromatic carbocycles. The van der Waals surface area contributed by atoms with Gasteiger partial charge in [-0.05, 0) is 30.4 Å². The van der Waals surface area contributed by atoms with Gasteiger partial charge in [0.1, 0.15) is 0 Å². The monoisotopic (exact) mass is 221 g/mol. The van der Waals surface area contributed by atoms with Gasteiger partial charge in [0.05, 0.1) is 0 Å². The topological polar surface area (TPSA) is 32.3 Å². The Labute approximate surface area is 98.7 Å². The van der Waals surface area contributed by atoms with Crippen molar-refractivity contribution in [2.75, 3.05) is 19.7 Å². The van der Waals surface area contributed by atoms with E-state index in [-0.39, 0.29) is 6.61 Å². The first-order chi connectivity index (χ1) is 7.72. The smallest absolute Gasteiger partial charge is 0.0474 e. The number of hydrogen-bond donors (Lipinski definition) is 2. The van der Waals surface area contributed by atoms with Crippen LogP contribution in [-0.2, 0) is 6.42 Å². The van der Waals surface area contributed by atoms with Gasteiger partial charge in [-0.3, -0.25) is 0 Å². The second-order valence-electron chi connectivity index (χ2n) is 4.79. The Balaban J connectivity index is 2.32. The van der Waals surface area contributed by atoms with Crippen molar-refractivity contribution >= 4 is 0 Å². The Bertz CT molecular complexity index is 271. The Morgan fingerprint density at radius 3 is 2.38 bits per heavy atom. The van der Waals surface area contributed by atoms with E-state index in [1.54, 1.807) is 0 Å². The summed E-state index contributed by atoms with van der Waals surface area (Å²) in [5, 5.41) is 12.7. The molecule has 2 heteroatoms. The van der Waals surface area contributed by atoms with Gasteiger partial charge >= 0.3 is 0 Å². The van der Waals surface area contributed by atoms with Gasteiger partial charge in [-0.25, -0.2) is 0 Å². The van der Waals surface area contributed by atoms with E-state index in [2.05, 4.69) is 31.3 Å². The number of aliphatic hydroxyl groups excluding tert-OH is 1. The van der Waals surface area contributed by atoms with Crippen LogP contribution in [0.1, 0.15) is 19.4 Å². The van der Waals surface area contributed by atoms with E-state index in [1.165, 1.54) is 5.56 Å². The van der Waals surface area contributed by atoms with E-state index in [0.717, 1.165) is 19.5 Å². The first-order valence-electron chi connectivity index (χ1n) is 6.08. The zero-order chi connectivity index (χ0) is 11.8. The maximum atomic E-state index is 9.31. The molecule has 0 spiro atoms. The number of benzene rings is 1. The summed E-state index contributed by atoms with van der Waals surface area (Å²) in [6.07, 6.45) is 0.947. The lowest BCUT2D eigenvalue weighted by Gasteiger charge is -2.16. The third-order valence-corrected chi connectivity index (χ3v) is 2.61. The number of nitrogens with one attached hydrogen (secondary N) is 1. The predicted molar refractivity (Wildman–Crippen MR) is 68.4 cm³/mol. The lowest BCUT2D eigenvalue weighted by molar-refractivity contribution is 0.220. The van der Waals surface area contributed by atoms with Crippen molar-refractivity contribution in [1.29, 1.82) is 0 Å². The maximum absolute atomic E-state index is 9.31. The molecule has 2 nitrogen and oxygen atoms in total. The summed E-state index contributed by atoms with van der Waals surface area (Å²) in [5.74, 6) is 0.984. The van der Waals surface area contributed by atoms with Crippen molar-refractivity contribution in [3.05, 3.63) is 35.9 Å². The third-order valence-electron chi connectivity index (χ3n) is 2.61. The molecule has 0 saturated carbocycles. The molecular weight excluding hydrogens is 198 g/mol. The summed E-state index contributed by atoms with van der Waals surface area (Å²) in [5.41, 5.74) is 1.30. The van der Waals surface area contributed by atoms with E-state index in [1.807, 2.05) is 18.2 Å². The lowest BCUT2D eigenvalue weighted by Crippen LogP contribution is -2.29. The van der Waals surface area contributed by atoms with Crippen molar-refractivity contribution in [3.63, 3.8) is 0 Å². The summed E-state index contributed by atoms with van der Waals surface area (Å²) in [6.45, 7) is 6.55. The van der Waals surface area contributed by atoms with Crippen LogP contribution in [0.15, 0.2) is 30.3 Å². The molecular formula is C14H23NO. The standard InChI is InChI=1S/C14H23NO/c1-12(2)9-15-10-14(11-16)8-13-6-4-3-5-7-13/h3-7,12,14-16H,8-11H2,1-2H3. The highest BCUT2D eigenvalue weighted by molar-refractivity contribution is 5.15. The fraction of sp³-hybridized carbons (Fsp3) is 0.571. The van der Waals surface area contributed by atoms with Gasteiger partial charge in [-0.15, -0.1) is 0 Å². The predicted octanol–water partition coefficient (Wildman–Crippen LogP) is 2.08. The van der Waals surface area contributed by atoms with Crippen molar-refractivity contribution < 1.29 is 5.11 Å². The third kappa shape index (κ3) is 5.29. The molecule has 0 aliphatic rings. The van der Waals surface area contributed by atoms with E-state index in [0.29, 0.717) is 11.8 Å². The highest BCUT2D eigenvalue weighted by atomic mass is 16.3. The molecule has 0 heterocycles. The molecule has 16 heavy (non-hydrogen) atoms. The molecule has 0 fully saturated rings. The van der Waals surface area contributed by atoms with Gasteiger partial charge < -0.3 is 10.4 Å². The van der Waals surface area contributed by atoms with Gasteiger partial charge in [0.25, 0.3) is 0 Å². The Morgan fingerprint density at radius 1 is 1.12 bits per heavy atom. The molecule has 2 N–H and O–H groups in total. The van der Waals surface area contributed by atoms with Crippen LogP contribution in [0, 0.1) is 11.8 Å². The molecule has 0 aliphatic heterocycles. The molecule has 0 aromatic heterocycles. The van der Waals surface area contributed by atoms with E-state index >= 15 is 0 Å². The van der Waals surface area contributed by atoms with Gasteiger partial charge in [0, 0.05) is 13.2 Å². The van der Waals surface area contributed by atoms with Crippen molar-refractivity contribution in [2.24, 2.45) is 11.8 Å². The molecule has 0 bridgehead atoms. The molecule has 1 atom stereocenters. The minimum atomic E-state index is 0.250. The van der Waals surface area contributed by atoms with Gasteiger partial charge in [-0.2, -0.15) is 0 Å². The minimum Gasteiger partial charge on any atom is -0.396 e. The van der Waals surface area contributed by atoms with Crippen LogP contribution < -0.4 is 5.32 Å². The van der Waals surface area contributed by atoms with Crippen molar-refractivity contribution in [1.82, 2.24) is 5.32 Å². The quantitative estimate of drug-likeness (QED) is 0.739. The number of hydrogen-bond acceptors (Lipinski definition) is 2. The highest BCUT2D eigenvalue weighted by Gasteiger charge is 2.08. The van der Waals surface area contributed by atoms with Crippen LogP contribution in [0.5, 0.6) is 0 Å². The van der Waals surface area contributed by atoms with E-state index < -0.39 is 0 Å². The first-order valence-corrected chi connectivity index (χ1v) is 6.08. The number of rotatable bonds is 7. The molecule has 0 aliphatic carbocycles. The Morgan fingerprint density at radius 2 is 1.81 bits per heavy atom. The Hall–Kier alpha value is -0.860. The Kier molecular flexibility index (Phi) is 6.12. The normalized spacial score (nSPS) is 13.0. The zero-order valence-electron chi connectivity index (χ0n) is 10.3. The van der Waals surface area contributed by atoms with Crippen LogP contribution in [0.4, 0.5) is 0 Å². The molecule has 90 valence electrons. The SMILES string of the molecule is CC(C)CNCC(CO)Cc1ccccc1. The van der Waals surface area contributed by atoms with Crippen molar-refractivity contribution in [3.8, 4) is 0 Å². The fourth-order valence-electron chi connectivity index (χ4n) is 1.72.